The summed E-state index contributed by atoms with van der Waals surface area (Å²) in [5, 5.41) is 3.37. The number of rotatable bonds is 5. The topological polar surface area (TPSA) is 25.4 Å². The number of hydrogen-bond donors (Lipinski definition) is 0. The molecule has 0 aliphatic carbocycles. The molecule has 0 amide bonds. The highest BCUT2D eigenvalue weighted by Crippen LogP contribution is 2.39. The predicted molar refractivity (Wildman–Crippen MR) is 119 cm³/mol. The van der Waals surface area contributed by atoms with Crippen molar-refractivity contribution in [3.8, 4) is 17.0 Å². The van der Waals surface area contributed by atoms with E-state index < -0.39 is 0 Å². The van der Waals surface area contributed by atoms with Crippen molar-refractivity contribution in [3.63, 3.8) is 0 Å². The summed E-state index contributed by atoms with van der Waals surface area (Å²) in [6.45, 7) is 0.841. The number of nitrogens with zero attached hydrogens (tertiary/aromatic N) is 2. The fourth-order valence-corrected chi connectivity index (χ4v) is 4.56. The van der Waals surface area contributed by atoms with E-state index in [4.69, 9.17) is 27.9 Å². The van der Waals surface area contributed by atoms with Crippen LogP contribution in [0, 0.1) is 0 Å². The summed E-state index contributed by atoms with van der Waals surface area (Å²) in [5.74, 6) is 1.32. The summed E-state index contributed by atoms with van der Waals surface area (Å²) in [4.78, 5) is 6.68. The first kappa shape index (κ1) is 19.2. The van der Waals surface area contributed by atoms with E-state index >= 15 is 0 Å². The number of thioether (sulfide) groups is 1. The van der Waals surface area contributed by atoms with Gasteiger partial charge in [0.2, 0.25) is 5.88 Å². The Morgan fingerprint density at radius 3 is 2.64 bits per heavy atom. The Kier molecular flexibility index (Phi) is 5.81. The van der Waals surface area contributed by atoms with E-state index in [1.165, 1.54) is 5.56 Å². The van der Waals surface area contributed by atoms with Crippen LogP contribution in [0.3, 0.4) is 0 Å². The van der Waals surface area contributed by atoms with E-state index in [9.17, 15) is 0 Å². The first-order valence-electron chi connectivity index (χ1n) is 8.76. The standard InChI is InChI=1S/C22H18Cl2N2OS/c1-27-22-20(24)9-16(11-25-22)18-8-7-17(23)10-19(18)21-13-28-14-26(21)12-15-5-3-2-4-6-15/h2-11,13H,12,14H2,1H3. The van der Waals surface area contributed by atoms with Crippen molar-refractivity contribution in [1.82, 2.24) is 9.88 Å². The molecule has 1 aliphatic rings. The van der Waals surface area contributed by atoms with Crippen LogP contribution >= 0.6 is 35.0 Å². The molecule has 142 valence electrons. The maximum Gasteiger partial charge on any atom is 0.232 e. The normalized spacial score (nSPS) is 13.5. The maximum atomic E-state index is 6.36. The van der Waals surface area contributed by atoms with Crippen molar-refractivity contribution in [1.29, 1.82) is 0 Å². The van der Waals surface area contributed by atoms with Crippen molar-refractivity contribution in [2.24, 2.45) is 0 Å². The summed E-state index contributed by atoms with van der Waals surface area (Å²) in [7, 11) is 1.56. The molecule has 0 unspecified atom stereocenters. The first-order valence-corrected chi connectivity index (χ1v) is 10.6. The third-order valence-electron chi connectivity index (χ3n) is 4.55. The Morgan fingerprint density at radius 1 is 1.07 bits per heavy atom. The fourth-order valence-electron chi connectivity index (χ4n) is 3.22. The molecule has 6 heteroatoms. The van der Waals surface area contributed by atoms with Crippen molar-refractivity contribution >= 4 is 40.7 Å². The summed E-state index contributed by atoms with van der Waals surface area (Å²) < 4.78 is 5.18. The molecule has 2 heterocycles. The number of pyridine rings is 1. The average molecular weight is 429 g/mol. The van der Waals surface area contributed by atoms with Crippen LogP contribution in [0.15, 0.2) is 66.2 Å². The number of hydrogen-bond acceptors (Lipinski definition) is 4. The average Bonchev–Trinajstić information content (AvgIpc) is 3.16. The molecule has 3 nitrogen and oxygen atoms in total. The van der Waals surface area contributed by atoms with Gasteiger partial charge in [-0.15, -0.1) is 11.8 Å². The van der Waals surface area contributed by atoms with Crippen LogP contribution in [0.1, 0.15) is 11.1 Å². The molecule has 4 rings (SSSR count). The molecule has 0 saturated heterocycles. The second kappa shape index (κ2) is 8.48. The van der Waals surface area contributed by atoms with Gasteiger partial charge in [0.05, 0.1) is 18.7 Å². The van der Waals surface area contributed by atoms with Gasteiger partial charge < -0.3 is 9.64 Å². The predicted octanol–water partition coefficient (Wildman–Crippen LogP) is 6.57. The van der Waals surface area contributed by atoms with E-state index in [1.54, 1.807) is 25.1 Å². The fraction of sp³-hybridized carbons (Fsp3) is 0.136. The summed E-state index contributed by atoms with van der Waals surface area (Å²) in [6.07, 6.45) is 1.78. The van der Waals surface area contributed by atoms with Gasteiger partial charge in [-0.1, -0.05) is 59.6 Å². The van der Waals surface area contributed by atoms with Crippen LogP contribution in [0.2, 0.25) is 10.0 Å². The minimum atomic E-state index is 0.419. The minimum Gasteiger partial charge on any atom is -0.480 e. The SMILES string of the molecule is COc1ncc(-c2ccc(Cl)cc2C2=CSCN2Cc2ccccc2)cc1Cl. The zero-order valence-corrected chi connectivity index (χ0v) is 17.6. The molecule has 0 bridgehead atoms. The van der Waals surface area contributed by atoms with Gasteiger partial charge in [-0.05, 0) is 34.7 Å². The van der Waals surface area contributed by atoms with Gasteiger partial charge in [0, 0.05) is 28.9 Å². The Bertz CT molecular complexity index is 1020. The molecule has 2 aromatic carbocycles. The van der Waals surface area contributed by atoms with E-state index in [-0.39, 0.29) is 0 Å². The van der Waals surface area contributed by atoms with Crippen molar-refractivity contribution in [2.75, 3.05) is 13.0 Å². The molecular formula is C22H18Cl2N2OS. The second-order valence-corrected chi connectivity index (χ2v) is 8.06. The Morgan fingerprint density at radius 2 is 1.89 bits per heavy atom. The number of halogens is 2. The molecule has 0 fully saturated rings. The highest BCUT2D eigenvalue weighted by molar-refractivity contribution is 8.02. The quantitative estimate of drug-likeness (QED) is 0.458. The number of aromatic nitrogens is 1. The zero-order valence-electron chi connectivity index (χ0n) is 15.2. The van der Waals surface area contributed by atoms with Crippen LogP contribution in [0.5, 0.6) is 5.88 Å². The molecule has 0 spiro atoms. The van der Waals surface area contributed by atoms with Gasteiger partial charge in [0.1, 0.15) is 5.02 Å². The molecule has 1 aromatic heterocycles. The van der Waals surface area contributed by atoms with E-state index in [2.05, 4.69) is 39.6 Å². The second-order valence-electron chi connectivity index (χ2n) is 6.39. The van der Waals surface area contributed by atoms with Gasteiger partial charge in [-0.25, -0.2) is 4.98 Å². The van der Waals surface area contributed by atoms with Gasteiger partial charge in [0.15, 0.2) is 0 Å². The smallest absolute Gasteiger partial charge is 0.232 e. The lowest BCUT2D eigenvalue weighted by Gasteiger charge is -2.24. The zero-order chi connectivity index (χ0) is 19.5. The maximum absolute atomic E-state index is 6.36. The van der Waals surface area contributed by atoms with Crippen LogP contribution in [0.25, 0.3) is 16.8 Å². The van der Waals surface area contributed by atoms with Crippen LogP contribution < -0.4 is 4.74 Å². The molecule has 0 atom stereocenters. The molecular weight excluding hydrogens is 411 g/mol. The lowest BCUT2D eigenvalue weighted by Crippen LogP contribution is -2.18. The van der Waals surface area contributed by atoms with Crippen LogP contribution in [0.4, 0.5) is 0 Å². The van der Waals surface area contributed by atoms with Gasteiger partial charge in [0.25, 0.3) is 0 Å². The van der Waals surface area contributed by atoms with Gasteiger partial charge in [-0.2, -0.15) is 0 Å². The molecule has 0 saturated carbocycles. The Hall–Kier alpha value is -2.14. The number of ether oxygens (including phenoxy) is 1. The lowest BCUT2D eigenvalue weighted by atomic mass is 9.98. The summed E-state index contributed by atoms with van der Waals surface area (Å²) in [5.41, 5.74) is 5.45. The van der Waals surface area contributed by atoms with Crippen molar-refractivity contribution < 1.29 is 4.74 Å². The summed E-state index contributed by atoms with van der Waals surface area (Å²) >= 11 is 14.5. The van der Waals surface area contributed by atoms with Crippen molar-refractivity contribution in [3.05, 3.63) is 87.4 Å². The molecule has 3 aromatic rings. The molecule has 28 heavy (non-hydrogen) atoms. The first-order chi connectivity index (χ1) is 13.7. The minimum absolute atomic E-state index is 0.419. The lowest BCUT2D eigenvalue weighted by molar-refractivity contribution is 0.398. The van der Waals surface area contributed by atoms with E-state index in [0.717, 1.165) is 34.8 Å². The largest absolute Gasteiger partial charge is 0.480 e. The van der Waals surface area contributed by atoms with Crippen LogP contribution in [-0.2, 0) is 6.54 Å². The molecule has 0 radical (unpaired) electrons. The highest BCUT2D eigenvalue weighted by Gasteiger charge is 2.21. The van der Waals surface area contributed by atoms with E-state index in [0.29, 0.717) is 15.9 Å². The van der Waals surface area contributed by atoms with Gasteiger partial charge >= 0.3 is 0 Å². The third kappa shape index (κ3) is 4.00. The number of benzene rings is 2. The highest BCUT2D eigenvalue weighted by atomic mass is 35.5. The molecule has 1 aliphatic heterocycles. The number of methoxy groups -OCH3 is 1. The van der Waals surface area contributed by atoms with Crippen LogP contribution in [-0.4, -0.2) is 22.9 Å². The molecule has 0 N–H and O–H groups in total. The van der Waals surface area contributed by atoms with E-state index in [1.807, 2.05) is 30.3 Å². The van der Waals surface area contributed by atoms with Crippen molar-refractivity contribution in [2.45, 2.75) is 6.54 Å². The third-order valence-corrected chi connectivity index (χ3v) is 5.91. The summed E-state index contributed by atoms with van der Waals surface area (Å²) in [6, 6.07) is 18.3. The monoisotopic (exact) mass is 428 g/mol. The Balaban J connectivity index is 1.73. The Labute approximate surface area is 178 Å². The van der Waals surface area contributed by atoms with Gasteiger partial charge in [-0.3, -0.25) is 0 Å².